The third kappa shape index (κ3) is 6.38. The van der Waals surface area contributed by atoms with Gasteiger partial charge in [0.25, 0.3) is 5.91 Å². The summed E-state index contributed by atoms with van der Waals surface area (Å²) in [5.41, 5.74) is 0.758. The summed E-state index contributed by atoms with van der Waals surface area (Å²) in [4.78, 5) is 28.3. The van der Waals surface area contributed by atoms with Crippen molar-refractivity contribution in [3.63, 3.8) is 0 Å². The van der Waals surface area contributed by atoms with Gasteiger partial charge in [-0.3, -0.25) is 9.59 Å². The fourth-order valence-electron chi connectivity index (χ4n) is 4.79. The molecule has 1 saturated carbocycles. The molecule has 1 N–H and O–H groups in total. The number of benzene rings is 3. The Kier molecular flexibility index (Phi) is 8.35. The zero-order chi connectivity index (χ0) is 24.6. The van der Waals surface area contributed by atoms with Crippen LogP contribution in [0.25, 0.3) is 10.8 Å². The van der Waals surface area contributed by atoms with E-state index in [0.29, 0.717) is 12.2 Å². The number of rotatable bonds is 9. The predicted molar refractivity (Wildman–Crippen MR) is 135 cm³/mol. The third-order valence-electron chi connectivity index (χ3n) is 6.70. The van der Waals surface area contributed by atoms with Crippen LogP contribution in [0, 0.1) is 5.82 Å². The molecule has 0 radical (unpaired) electrons. The van der Waals surface area contributed by atoms with E-state index < -0.39 is 6.04 Å². The molecule has 0 aliphatic heterocycles. The van der Waals surface area contributed by atoms with Crippen molar-refractivity contribution in [2.24, 2.45) is 0 Å². The van der Waals surface area contributed by atoms with Crippen molar-refractivity contribution in [2.75, 3.05) is 6.61 Å². The Morgan fingerprint density at radius 1 is 1.00 bits per heavy atom. The van der Waals surface area contributed by atoms with Gasteiger partial charge >= 0.3 is 0 Å². The number of hydrogen-bond donors (Lipinski definition) is 1. The first-order valence-electron chi connectivity index (χ1n) is 12.5. The fourth-order valence-corrected chi connectivity index (χ4v) is 4.79. The average Bonchev–Trinajstić information content (AvgIpc) is 2.89. The second-order valence-corrected chi connectivity index (χ2v) is 9.18. The van der Waals surface area contributed by atoms with Gasteiger partial charge in [0.05, 0.1) is 0 Å². The molecule has 0 bridgehead atoms. The Labute approximate surface area is 206 Å². The summed E-state index contributed by atoms with van der Waals surface area (Å²) in [6.45, 7) is 1.92. The van der Waals surface area contributed by atoms with E-state index in [4.69, 9.17) is 4.74 Å². The molecule has 1 aliphatic rings. The lowest BCUT2D eigenvalue weighted by atomic mass is 9.95. The van der Waals surface area contributed by atoms with Gasteiger partial charge in [0.15, 0.2) is 6.61 Å². The first-order chi connectivity index (χ1) is 17.0. The highest BCUT2D eigenvalue weighted by Gasteiger charge is 2.30. The Morgan fingerprint density at radius 3 is 2.46 bits per heavy atom. The molecule has 3 aromatic carbocycles. The minimum atomic E-state index is -0.634. The Balaban J connectivity index is 1.52. The van der Waals surface area contributed by atoms with Crippen LogP contribution < -0.4 is 10.1 Å². The van der Waals surface area contributed by atoms with Crippen LogP contribution in [-0.4, -0.2) is 35.4 Å². The van der Waals surface area contributed by atoms with Crippen molar-refractivity contribution in [3.05, 3.63) is 78.1 Å². The molecule has 3 aromatic rings. The lowest BCUT2D eigenvalue weighted by molar-refractivity contribution is -0.143. The number of halogens is 1. The van der Waals surface area contributed by atoms with Crippen molar-refractivity contribution < 1.29 is 18.7 Å². The van der Waals surface area contributed by atoms with Crippen LogP contribution in [0.2, 0.25) is 0 Å². The second-order valence-electron chi connectivity index (χ2n) is 9.18. The first-order valence-corrected chi connectivity index (χ1v) is 12.5. The highest BCUT2D eigenvalue weighted by atomic mass is 19.1. The largest absolute Gasteiger partial charge is 0.483 e. The Hall–Kier alpha value is -3.41. The molecule has 0 aromatic heterocycles. The summed E-state index contributed by atoms with van der Waals surface area (Å²) in [7, 11) is 0. The van der Waals surface area contributed by atoms with E-state index in [1.807, 2.05) is 49.4 Å². The van der Waals surface area contributed by atoms with Crippen LogP contribution in [0.1, 0.15) is 51.0 Å². The predicted octanol–water partition coefficient (Wildman–Crippen LogP) is 5.61. The molecule has 0 saturated heterocycles. The highest BCUT2D eigenvalue weighted by molar-refractivity contribution is 5.90. The maximum atomic E-state index is 13.5. The van der Waals surface area contributed by atoms with Crippen molar-refractivity contribution in [2.45, 2.75) is 64.1 Å². The molecule has 1 unspecified atom stereocenters. The van der Waals surface area contributed by atoms with E-state index in [-0.39, 0.29) is 36.8 Å². The normalized spacial score (nSPS) is 14.9. The number of hydrogen-bond acceptors (Lipinski definition) is 3. The van der Waals surface area contributed by atoms with Crippen LogP contribution in [-0.2, 0) is 16.1 Å². The van der Waals surface area contributed by atoms with Gasteiger partial charge in [-0.15, -0.1) is 0 Å². The van der Waals surface area contributed by atoms with Gasteiger partial charge < -0.3 is 15.0 Å². The molecule has 184 valence electrons. The molecule has 0 spiro atoms. The molecule has 0 heterocycles. The summed E-state index contributed by atoms with van der Waals surface area (Å²) in [5, 5.41) is 5.12. The van der Waals surface area contributed by atoms with Gasteiger partial charge in [-0.05, 0) is 48.4 Å². The molecule has 2 amide bonds. The minimum absolute atomic E-state index is 0.139. The summed E-state index contributed by atoms with van der Waals surface area (Å²) in [5.74, 6) is -0.140. The molecule has 4 rings (SSSR count). The van der Waals surface area contributed by atoms with Gasteiger partial charge in [-0.2, -0.15) is 0 Å². The number of nitrogens with zero attached hydrogens (tertiary/aromatic N) is 1. The van der Waals surface area contributed by atoms with Crippen molar-refractivity contribution >= 4 is 22.6 Å². The van der Waals surface area contributed by atoms with E-state index in [1.165, 1.54) is 18.6 Å². The van der Waals surface area contributed by atoms with Gasteiger partial charge in [-0.25, -0.2) is 4.39 Å². The average molecular weight is 477 g/mol. The number of ether oxygens (including phenoxy) is 1. The van der Waals surface area contributed by atoms with Crippen LogP contribution in [0.5, 0.6) is 5.75 Å². The van der Waals surface area contributed by atoms with Crippen molar-refractivity contribution in [1.29, 1.82) is 0 Å². The minimum Gasteiger partial charge on any atom is -0.483 e. The van der Waals surface area contributed by atoms with E-state index >= 15 is 0 Å². The number of fused-ring (bicyclic) bond motifs is 1. The quantitative estimate of drug-likeness (QED) is 0.436. The number of carbonyl (C=O) groups is 2. The van der Waals surface area contributed by atoms with E-state index in [1.54, 1.807) is 17.0 Å². The topological polar surface area (TPSA) is 58.6 Å². The van der Waals surface area contributed by atoms with Gasteiger partial charge in [0, 0.05) is 18.0 Å². The summed E-state index contributed by atoms with van der Waals surface area (Å²) in [6, 6.07) is 19.1. The zero-order valence-corrected chi connectivity index (χ0v) is 20.2. The highest BCUT2D eigenvalue weighted by Crippen LogP contribution is 2.25. The molecule has 1 aliphatic carbocycles. The maximum Gasteiger partial charge on any atom is 0.261 e. The molecule has 5 nitrogen and oxygen atoms in total. The number of nitrogens with one attached hydrogen (secondary N) is 1. The van der Waals surface area contributed by atoms with Gasteiger partial charge in [-0.1, -0.05) is 74.7 Å². The van der Waals surface area contributed by atoms with E-state index in [0.717, 1.165) is 42.0 Å². The van der Waals surface area contributed by atoms with E-state index in [9.17, 15) is 14.0 Å². The van der Waals surface area contributed by atoms with Crippen LogP contribution >= 0.6 is 0 Å². The lowest BCUT2D eigenvalue weighted by Gasteiger charge is -2.32. The molecule has 6 heteroatoms. The van der Waals surface area contributed by atoms with Crippen LogP contribution in [0.3, 0.4) is 0 Å². The standard InChI is InChI=1S/C29H33FN2O3/c1-2-26(29(34)31-24-11-4-3-5-12-24)32(19-21-15-17-23(30)18-16-21)28(33)20-35-27-14-8-10-22-9-6-7-13-25(22)27/h6-10,13-18,24,26H,2-5,11-12,19-20H2,1H3,(H,31,34). The van der Waals surface area contributed by atoms with Gasteiger partial charge in [0.2, 0.25) is 5.91 Å². The molecular weight excluding hydrogens is 443 g/mol. The van der Waals surface area contributed by atoms with Crippen LogP contribution in [0.4, 0.5) is 4.39 Å². The Morgan fingerprint density at radius 2 is 1.71 bits per heavy atom. The third-order valence-corrected chi connectivity index (χ3v) is 6.70. The zero-order valence-electron chi connectivity index (χ0n) is 20.2. The lowest BCUT2D eigenvalue weighted by Crippen LogP contribution is -2.52. The van der Waals surface area contributed by atoms with Crippen molar-refractivity contribution in [3.8, 4) is 5.75 Å². The SMILES string of the molecule is CCC(C(=O)NC1CCCCC1)N(Cc1ccc(F)cc1)C(=O)COc1cccc2ccccc12. The van der Waals surface area contributed by atoms with E-state index in [2.05, 4.69) is 5.32 Å². The number of carbonyl (C=O) groups excluding carboxylic acids is 2. The number of amides is 2. The second kappa shape index (κ2) is 11.8. The molecule has 1 fully saturated rings. The Bertz CT molecular complexity index is 1140. The summed E-state index contributed by atoms with van der Waals surface area (Å²) >= 11 is 0. The van der Waals surface area contributed by atoms with Gasteiger partial charge in [0.1, 0.15) is 17.6 Å². The summed E-state index contributed by atoms with van der Waals surface area (Å²) in [6.07, 6.45) is 5.83. The smallest absolute Gasteiger partial charge is 0.261 e. The summed E-state index contributed by atoms with van der Waals surface area (Å²) < 4.78 is 19.4. The molecule has 35 heavy (non-hydrogen) atoms. The monoisotopic (exact) mass is 476 g/mol. The molecule has 1 atom stereocenters. The fraction of sp³-hybridized carbons (Fsp3) is 0.379. The van der Waals surface area contributed by atoms with Crippen molar-refractivity contribution in [1.82, 2.24) is 10.2 Å². The first kappa shape index (κ1) is 24.7. The molecular formula is C29H33FN2O3. The van der Waals surface area contributed by atoms with Crippen LogP contribution in [0.15, 0.2) is 66.7 Å². The maximum absolute atomic E-state index is 13.5.